The van der Waals surface area contributed by atoms with Crippen LogP contribution < -0.4 is 55.7 Å². The summed E-state index contributed by atoms with van der Waals surface area (Å²) in [7, 11) is 0. The highest BCUT2D eigenvalue weighted by Crippen LogP contribution is 2.15. The maximum atomic E-state index is 13.5. The minimum Gasteiger partial charge on any atom is -0.480 e. The topological polar surface area (TPSA) is 372 Å². The van der Waals surface area contributed by atoms with Crippen LogP contribution >= 0.6 is 0 Å². The second kappa shape index (κ2) is 21.3. The van der Waals surface area contributed by atoms with Crippen molar-refractivity contribution in [2.45, 2.75) is 68.7 Å². The number of amides is 5. The fourth-order valence-electron chi connectivity index (χ4n) is 4.15. The second-order valence-corrected chi connectivity index (χ2v) is 10.6. The molecule has 0 aliphatic rings. The molecule has 18 N–H and O–H groups in total. The van der Waals surface area contributed by atoms with Crippen LogP contribution in [0.5, 0.6) is 0 Å². The number of primary amides is 1. The van der Waals surface area contributed by atoms with E-state index in [1.165, 1.54) is 12.1 Å². The fourth-order valence-corrected chi connectivity index (χ4v) is 4.15. The quantitative estimate of drug-likeness (QED) is 0.0311. The Labute approximate surface area is 276 Å². The molecule has 266 valence electrons. The Balaban J connectivity index is 3.18. The van der Waals surface area contributed by atoms with Crippen molar-refractivity contribution >= 4 is 47.4 Å². The smallest absolute Gasteiger partial charge is 0.326 e. The van der Waals surface area contributed by atoms with E-state index in [-0.39, 0.29) is 69.1 Å². The zero-order valence-electron chi connectivity index (χ0n) is 26.3. The van der Waals surface area contributed by atoms with Crippen LogP contribution in [-0.2, 0) is 28.8 Å². The third kappa shape index (κ3) is 15.7. The summed E-state index contributed by atoms with van der Waals surface area (Å²) in [4.78, 5) is 83.2. The van der Waals surface area contributed by atoms with Gasteiger partial charge in [-0.05, 0) is 37.7 Å². The molecule has 1 rings (SSSR count). The number of aliphatic hydroxyl groups is 1. The number of hydrogen-bond donors (Lipinski definition) is 12. The normalized spacial score (nSPS) is 13.7. The van der Waals surface area contributed by atoms with Crippen LogP contribution in [0.25, 0.3) is 0 Å². The molecule has 0 aliphatic carbocycles. The zero-order chi connectivity index (χ0) is 36.2. The molecule has 5 amide bonds. The van der Waals surface area contributed by atoms with Gasteiger partial charge in [-0.3, -0.25) is 34.0 Å². The lowest BCUT2D eigenvalue weighted by Crippen LogP contribution is -2.56. The second-order valence-electron chi connectivity index (χ2n) is 10.6. The number of aliphatic carboxylic acids is 1. The van der Waals surface area contributed by atoms with E-state index in [1.54, 1.807) is 18.2 Å². The Bertz CT molecular complexity index is 1300. The number of guanidine groups is 2. The van der Waals surface area contributed by atoms with Crippen LogP contribution in [0, 0.1) is 0 Å². The van der Waals surface area contributed by atoms with Gasteiger partial charge in [0.05, 0.1) is 12.6 Å². The van der Waals surface area contributed by atoms with Crippen molar-refractivity contribution in [3.05, 3.63) is 35.9 Å². The number of nitrogens with one attached hydrogen (secondary N) is 4. The molecule has 0 aromatic heterocycles. The van der Waals surface area contributed by atoms with Gasteiger partial charge in [0.1, 0.15) is 24.2 Å². The van der Waals surface area contributed by atoms with E-state index in [1.807, 2.05) is 0 Å². The summed E-state index contributed by atoms with van der Waals surface area (Å²) in [6, 6.07) is 0.983. The molecule has 0 spiro atoms. The molecule has 1 aromatic carbocycles. The van der Waals surface area contributed by atoms with E-state index < -0.39 is 72.3 Å². The third-order valence-electron chi connectivity index (χ3n) is 6.67. The minimum atomic E-state index is -1.61. The van der Waals surface area contributed by atoms with Crippen LogP contribution in [-0.4, -0.2) is 102 Å². The Morgan fingerprint density at radius 3 is 1.67 bits per heavy atom. The maximum Gasteiger partial charge on any atom is 0.326 e. The molecule has 48 heavy (non-hydrogen) atoms. The summed E-state index contributed by atoms with van der Waals surface area (Å²) < 4.78 is 0. The van der Waals surface area contributed by atoms with Crippen molar-refractivity contribution in [1.29, 1.82) is 0 Å². The van der Waals surface area contributed by atoms with Crippen LogP contribution in [0.4, 0.5) is 0 Å². The van der Waals surface area contributed by atoms with E-state index in [0.29, 0.717) is 0 Å². The number of aliphatic imine (C=N–C) groups is 2. The Morgan fingerprint density at radius 1 is 0.667 bits per heavy atom. The Kier molecular flexibility index (Phi) is 18.0. The average Bonchev–Trinajstić information content (AvgIpc) is 3.03. The monoisotopic (exact) mass is 678 g/mol. The van der Waals surface area contributed by atoms with Gasteiger partial charge in [-0.25, -0.2) is 4.79 Å². The van der Waals surface area contributed by atoms with Gasteiger partial charge < -0.3 is 65.9 Å². The van der Waals surface area contributed by atoms with Gasteiger partial charge in [-0.2, -0.15) is 0 Å². The number of benzene rings is 1. The van der Waals surface area contributed by atoms with Crippen molar-refractivity contribution in [3.8, 4) is 0 Å². The van der Waals surface area contributed by atoms with E-state index in [2.05, 4.69) is 31.3 Å². The summed E-state index contributed by atoms with van der Waals surface area (Å²) >= 11 is 0. The fraction of sp³-hybridized carbons (Fsp3) is 0.500. The lowest BCUT2D eigenvalue weighted by molar-refractivity contribution is -0.142. The van der Waals surface area contributed by atoms with Crippen molar-refractivity contribution in [3.63, 3.8) is 0 Å². The standard InChI is InChI=1S/C28H46N12O8/c29-16(10-11-20(30)42)22(43)37-17(8-4-12-35-27(31)32)23(44)40-21(15-6-2-1-3-7-15)25(46)39-19(14-41)24(45)38-18(26(47)48)9-5-13-36-28(33)34/h1-3,6-7,16-19,21,41H,4-5,8-14,29H2,(H2,30,42)(H,37,43)(H,38,45)(H,39,46)(H,40,44)(H,47,48)(H4,31,32,35)(H4,33,34,36)/t16-,17-,18-,19-,21-/m0/s1. The predicted octanol–water partition coefficient (Wildman–Crippen LogP) is -4.92. The largest absolute Gasteiger partial charge is 0.480 e. The molecule has 0 unspecified atom stereocenters. The number of carbonyl (C=O) groups excluding carboxylic acids is 5. The molecule has 0 bridgehead atoms. The molecule has 20 nitrogen and oxygen atoms in total. The molecule has 0 saturated carbocycles. The number of nitrogens with zero attached hydrogens (tertiary/aromatic N) is 2. The number of nitrogens with two attached hydrogens (primary N) is 6. The van der Waals surface area contributed by atoms with E-state index >= 15 is 0 Å². The summed E-state index contributed by atoms with van der Waals surface area (Å²) in [6.45, 7) is -0.701. The lowest BCUT2D eigenvalue weighted by Gasteiger charge is -2.26. The number of aliphatic hydroxyl groups excluding tert-OH is 1. The van der Waals surface area contributed by atoms with Crippen LogP contribution in [0.3, 0.4) is 0 Å². The van der Waals surface area contributed by atoms with Gasteiger partial charge >= 0.3 is 5.97 Å². The molecule has 5 atom stereocenters. The molecular formula is C28H46N12O8. The first-order valence-electron chi connectivity index (χ1n) is 14.9. The molecule has 0 saturated heterocycles. The van der Waals surface area contributed by atoms with Crippen molar-refractivity contribution in [1.82, 2.24) is 21.3 Å². The molecule has 0 heterocycles. The van der Waals surface area contributed by atoms with Crippen molar-refractivity contribution < 1.29 is 39.0 Å². The lowest BCUT2D eigenvalue weighted by atomic mass is 10.0. The first-order chi connectivity index (χ1) is 22.7. The summed E-state index contributed by atoms with van der Waals surface area (Å²) in [5.41, 5.74) is 32.5. The maximum absolute atomic E-state index is 13.5. The number of hydrogen-bond acceptors (Lipinski definition) is 10. The van der Waals surface area contributed by atoms with Gasteiger partial charge in [-0.15, -0.1) is 0 Å². The first-order valence-corrected chi connectivity index (χ1v) is 14.9. The SMILES string of the molecule is NC(=O)CC[C@H](N)C(=O)N[C@@H](CCCN=C(N)N)C(=O)N[C@H](C(=O)N[C@@H](CO)C(=O)N[C@@H](CCCN=C(N)N)C(=O)O)c1ccccc1. The van der Waals surface area contributed by atoms with Gasteiger partial charge in [-0.1, -0.05) is 30.3 Å². The van der Waals surface area contributed by atoms with Gasteiger partial charge in [0, 0.05) is 19.5 Å². The molecule has 0 radical (unpaired) electrons. The van der Waals surface area contributed by atoms with Gasteiger partial charge in [0.15, 0.2) is 11.9 Å². The van der Waals surface area contributed by atoms with Crippen molar-refractivity contribution in [2.75, 3.05) is 19.7 Å². The van der Waals surface area contributed by atoms with Crippen LogP contribution in [0.2, 0.25) is 0 Å². The predicted molar refractivity (Wildman–Crippen MR) is 174 cm³/mol. The number of rotatable bonds is 22. The molecular weight excluding hydrogens is 632 g/mol. The molecule has 0 fully saturated rings. The zero-order valence-corrected chi connectivity index (χ0v) is 26.3. The molecule has 20 heteroatoms. The number of carboxylic acid groups (broad SMARTS) is 1. The highest BCUT2D eigenvalue weighted by atomic mass is 16.4. The molecule has 0 aliphatic heterocycles. The third-order valence-corrected chi connectivity index (χ3v) is 6.67. The Hall–Kier alpha value is -5.50. The molecule has 1 aromatic rings. The summed E-state index contributed by atoms with van der Waals surface area (Å²) in [5, 5.41) is 29.1. The van der Waals surface area contributed by atoms with E-state index in [0.717, 1.165) is 0 Å². The average molecular weight is 679 g/mol. The number of carboxylic acids is 1. The van der Waals surface area contributed by atoms with E-state index in [4.69, 9.17) is 34.4 Å². The van der Waals surface area contributed by atoms with Gasteiger partial charge in [0.2, 0.25) is 29.5 Å². The van der Waals surface area contributed by atoms with Gasteiger partial charge in [0.25, 0.3) is 0 Å². The number of carbonyl (C=O) groups is 6. The first kappa shape index (κ1) is 40.5. The van der Waals surface area contributed by atoms with E-state index in [9.17, 15) is 39.0 Å². The Morgan fingerprint density at radius 2 is 1.17 bits per heavy atom. The minimum absolute atomic E-state index is 0.00144. The highest BCUT2D eigenvalue weighted by Gasteiger charge is 2.32. The summed E-state index contributed by atoms with van der Waals surface area (Å²) in [6.07, 6.45) is 0.112. The van der Waals surface area contributed by atoms with Crippen LogP contribution in [0.15, 0.2) is 40.3 Å². The summed E-state index contributed by atoms with van der Waals surface area (Å²) in [5.74, 6) is -5.93. The van der Waals surface area contributed by atoms with Crippen molar-refractivity contribution in [2.24, 2.45) is 44.4 Å². The highest BCUT2D eigenvalue weighted by molar-refractivity contribution is 5.96. The van der Waals surface area contributed by atoms with Crippen LogP contribution in [0.1, 0.15) is 50.1 Å².